The Morgan fingerprint density at radius 1 is 0.395 bits per heavy atom. The standard InChI is InChI=1S/C41H23ClO/c42-38-21-20-24(29-14-9-15-30-28-13-4-8-19-39(28)43-40(29)30)31-23-37-32(22-33(31)38)27-12-3-7-18-36(27)41(37)34-16-5-1-10-25(34)26-11-2-6-17-35(26)41/h1-23H. The molecule has 0 atom stereocenters. The zero-order chi connectivity index (χ0) is 28.3. The highest BCUT2D eigenvalue weighted by molar-refractivity contribution is 6.36. The van der Waals surface area contributed by atoms with E-state index in [1.807, 2.05) is 18.2 Å². The predicted octanol–water partition coefficient (Wildman–Crippen LogP) is 11.4. The van der Waals surface area contributed by atoms with E-state index in [0.29, 0.717) is 0 Å². The smallest absolute Gasteiger partial charge is 0.143 e. The minimum atomic E-state index is -0.405. The molecule has 8 aromatic rings. The molecule has 1 spiro atoms. The van der Waals surface area contributed by atoms with Crippen molar-refractivity contribution in [3.05, 3.63) is 167 Å². The lowest BCUT2D eigenvalue weighted by Crippen LogP contribution is -2.25. The van der Waals surface area contributed by atoms with E-state index in [-0.39, 0.29) is 0 Å². The summed E-state index contributed by atoms with van der Waals surface area (Å²) >= 11 is 7.02. The molecule has 2 aliphatic rings. The molecule has 200 valence electrons. The molecule has 43 heavy (non-hydrogen) atoms. The van der Waals surface area contributed by atoms with E-state index < -0.39 is 5.41 Å². The zero-order valence-corrected chi connectivity index (χ0v) is 23.8. The largest absolute Gasteiger partial charge is 0.455 e. The van der Waals surface area contributed by atoms with E-state index in [2.05, 4.69) is 121 Å². The third-order valence-electron chi connectivity index (χ3n) is 9.77. The number of rotatable bonds is 1. The van der Waals surface area contributed by atoms with Crippen molar-refractivity contribution in [1.82, 2.24) is 0 Å². The van der Waals surface area contributed by atoms with E-state index in [1.165, 1.54) is 44.5 Å². The molecule has 0 saturated carbocycles. The highest BCUT2D eigenvalue weighted by Gasteiger charge is 2.51. The van der Waals surface area contributed by atoms with Gasteiger partial charge in [-0.25, -0.2) is 0 Å². The molecule has 0 saturated heterocycles. The third kappa shape index (κ3) is 2.83. The molecule has 0 amide bonds. The van der Waals surface area contributed by atoms with E-state index in [9.17, 15) is 0 Å². The second-order valence-electron chi connectivity index (χ2n) is 11.7. The summed E-state index contributed by atoms with van der Waals surface area (Å²) in [6.07, 6.45) is 0. The van der Waals surface area contributed by atoms with Crippen molar-refractivity contribution in [2.45, 2.75) is 5.41 Å². The Labute approximate surface area is 253 Å². The molecule has 0 bridgehead atoms. The van der Waals surface area contributed by atoms with Gasteiger partial charge in [-0.05, 0) is 79.7 Å². The molecular formula is C41H23ClO. The van der Waals surface area contributed by atoms with Gasteiger partial charge in [0.25, 0.3) is 0 Å². The average molecular weight is 567 g/mol. The Hall–Kier alpha value is -5.11. The van der Waals surface area contributed by atoms with Gasteiger partial charge >= 0.3 is 0 Å². The maximum absolute atomic E-state index is 7.02. The summed E-state index contributed by atoms with van der Waals surface area (Å²) in [5.41, 5.74) is 14.0. The Bertz CT molecular complexity index is 2430. The van der Waals surface area contributed by atoms with Crippen LogP contribution in [0.5, 0.6) is 0 Å². The van der Waals surface area contributed by atoms with Crippen LogP contribution in [-0.2, 0) is 5.41 Å². The molecule has 7 aromatic carbocycles. The molecular weight excluding hydrogens is 544 g/mol. The summed E-state index contributed by atoms with van der Waals surface area (Å²) in [4.78, 5) is 0. The second kappa shape index (κ2) is 8.25. The average Bonchev–Trinajstić information content (AvgIpc) is 3.69. The van der Waals surface area contributed by atoms with E-state index >= 15 is 0 Å². The van der Waals surface area contributed by atoms with Crippen LogP contribution in [0.2, 0.25) is 5.02 Å². The fourth-order valence-electron chi connectivity index (χ4n) is 8.09. The van der Waals surface area contributed by atoms with Crippen LogP contribution in [0, 0.1) is 0 Å². The minimum absolute atomic E-state index is 0.405. The molecule has 2 heteroatoms. The first kappa shape index (κ1) is 23.5. The van der Waals surface area contributed by atoms with Crippen LogP contribution >= 0.6 is 11.6 Å². The van der Waals surface area contributed by atoms with E-state index in [0.717, 1.165) is 48.9 Å². The topological polar surface area (TPSA) is 13.1 Å². The number of benzene rings is 7. The molecule has 0 aliphatic heterocycles. The van der Waals surface area contributed by atoms with Crippen LogP contribution < -0.4 is 0 Å². The second-order valence-corrected chi connectivity index (χ2v) is 12.1. The third-order valence-corrected chi connectivity index (χ3v) is 10.1. The summed E-state index contributed by atoms with van der Waals surface area (Å²) < 4.78 is 6.51. The van der Waals surface area contributed by atoms with Gasteiger partial charge < -0.3 is 4.42 Å². The summed E-state index contributed by atoms with van der Waals surface area (Å²) in [7, 11) is 0. The molecule has 0 radical (unpaired) electrons. The lowest BCUT2D eigenvalue weighted by atomic mass is 9.70. The Kier molecular flexibility index (Phi) is 4.50. The van der Waals surface area contributed by atoms with Gasteiger partial charge in [0.05, 0.1) is 5.41 Å². The van der Waals surface area contributed by atoms with Gasteiger partial charge in [0.2, 0.25) is 0 Å². The molecule has 1 nitrogen and oxygen atoms in total. The highest BCUT2D eigenvalue weighted by Crippen LogP contribution is 2.63. The molecule has 1 heterocycles. The Balaban J connectivity index is 1.36. The van der Waals surface area contributed by atoms with E-state index in [1.54, 1.807) is 0 Å². The summed E-state index contributed by atoms with van der Waals surface area (Å²) in [5.74, 6) is 0. The molecule has 1 aromatic heterocycles. The van der Waals surface area contributed by atoms with Crippen LogP contribution in [0.1, 0.15) is 22.3 Å². The SMILES string of the molecule is Clc1ccc(-c2cccc3c2oc2ccccc23)c2cc3c(cc12)-c1ccccc1C31c2ccccc2-c2ccccc21. The van der Waals surface area contributed by atoms with Crippen molar-refractivity contribution in [3.8, 4) is 33.4 Å². The maximum Gasteiger partial charge on any atom is 0.143 e. The molecule has 10 rings (SSSR count). The summed E-state index contributed by atoms with van der Waals surface area (Å²) in [6, 6.07) is 50.4. The lowest BCUT2D eigenvalue weighted by Gasteiger charge is -2.30. The quantitative estimate of drug-likeness (QED) is 0.192. The van der Waals surface area contributed by atoms with Gasteiger partial charge in [0, 0.05) is 26.7 Å². The summed E-state index contributed by atoms with van der Waals surface area (Å²) in [5, 5.41) is 5.20. The van der Waals surface area contributed by atoms with Crippen LogP contribution in [0.4, 0.5) is 0 Å². The normalized spacial score (nSPS) is 13.9. The van der Waals surface area contributed by atoms with Gasteiger partial charge in [0.15, 0.2) is 0 Å². The van der Waals surface area contributed by atoms with Gasteiger partial charge in [-0.15, -0.1) is 0 Å². The van der Waals surface area contributed by atoms with Gasteiger partial charge in [-0.3, -0.25) is 0 Å². The van der Waals surface area contributed by atoms with Crippen molar-refractivity contribution in [1.29, 1.82) is 0 Å². The predicted molar refractivity (Wildman–Crippen MR) is 178 cm³/mol. The van der Waals surface area contributed by atoms with Crippen LogP contribution in [0.15, 0.2) is 144 Å². The monoisotopic (exact) mass is 566 g/mol. The Morgan fingerprint density at radius 2 is 0.977 bits per heavy atom. The number of hydrogen-bond acceptors (Lipinski definition) is 1. The number of para-hydroxylation sites is 2. The first-order valence-corrected chi connectivity index (χ1v) is 15.1. The van der Waals surface area contributed by atoms with Crippen LogP contribution in [-0.4, -0.2) is 0 Å². The molecule has 0 fully saturated rings. The number of furan rings is 1. The van der Waals surface area contributed by atoms with Gasteiger partial charge in [-0.1, -0.05) is 127 Å². The molecule has 0 N–H and O–H groups in total. The number of hydrogen-bond donors (Lipinski definition) is 0. The van der Waals surface area contributed by atoms with E-state index in [4.69, 9.17) is 16.0 Å². The van der Waals surface area contributed by atoms with Crippen LogP contribution in [0.3, 0.4) is 0 Å². The first-order valence-electron chi connectivity index (χ1n) is 14.7. The van der Waals surface area contributed by atoms with Crippen molar-refractivity contribution in [2.24, 2.45) is 0 Å². The fraction of sp³-hybridized carbons (Fsp3) is 0.0244. The minimum Gasteiger partial charge on any atom is -0.455 e. The fourth-order valence-corrected chi connectivity index (χ4v) is 8.31. The van der Waals surface area contributed by atoms with Crippen molar-refractivity contribution >= 4 is 44.3 Å². The summed E-state index contributed by atoms with van der Waals surface area (Å²) in [6.45, 7) is 0. The Morgan fingerprint density at radius 3 is 1.70 bits per heavy atom. The van der Waals surface area contributed by atoms with Crippen molar-refractivity contribution in [2.75, 3.05) is 0 Å². The van der Waals surface area contributed by atoms with Gasteiger partial charge in [0.1, 0.15) is 11.2 Å². The maximum atomic E-state index is 7.02. The van der Waals surface area contributed by atoms with Crippen molar-refractivity contribution in [3.63, 3.8) is 0 Å². The molecule has 0 unspecified atom stereocenters. The highest BCUT2D eigenvalue weighted by atomic mass is 35.5. The number of halogens is 1. The van der Waals surface area contributed by atoms with Crippen molar-refractivity contribution < 1.29 is 4.42 Å². The molecule has 2 aliphatic carbocycles. The van der Waals surface area contributed by atoms with Gasteiger partial charge in [-0.2, -0.15) is 0 Å². The first-order chi connectivity index (χ1) is 21.2. The lowest BCUT2D eigenvalue weighted by molar-refractivity contribution is 0.670. The van der Waals surface area contributed by atoms with Crippen LogP contribution in [0.25, 0.3) is 66.1 Å². The number of fused-ring (bicyclic) bond motifs is 14. The zero-order valence-electron chi connectivity index (χ0n) is 23.1.